The molecule has 4 heteroatoms. The van der Waals surface area contributed by atoms with E-state index in [1.807, 2.05) is 6.07 Å². The number of hydrogen-bond donors (Lipinski definition) is 3. The summed E-state index contributed by atoms with van der Waals surface area (Å²) in [6.45, 7) is 0. The molecule has 1 heterocycles. The number of hydrogen-bond acceptors (Lipinski definition) is 3. The zero-order valence-corrected chi connectivity index (χ0v) is 8.34. The lowest BCUT2D eigenvalue weighted by atomic mass is 9.65. The highest BCUT2D eigenvalue weighted by molar-refractivity contribution is 6.10. The van der Waals surface area contributed by atoms with Gasteiger partial charge in [-0.2, -0.15) is 0 Å². The second-order valence-corrected chi connectivity index (χ2v) is 4.42. The molecule has 0 saturated heterocycles. The molecule has 4 nitrogen and oxygen atoms in total. The summed E-state index contributed by atoms with van der Waals surface area (Å²) in [5.74, 6) is 0.0843. The summed E-state index contributed by atoms with van der Waals surface area (Å²) in [6.07, 6.45) is 2.92. The van der Waals surface area contributed by atoms with Crippen molar-refractivity contribution in [2.24, 2.45) is 0 Å². The Bertz CT molecular complexity index is 463. The van der Waals surface area contributed by atoms with Gasteiger partial charge in [-0.3, -0.25) is 4.79 Å². The van der Waals surface area contributed by atoms with Gasteiger partial charge in [0.1, 0.15) is 0 Å². The van der Waals surface area contributed by atoms with Gasteiger partial charge in [0.2, 0.25) is 5.91 Å². The van der Waals surface area contributed by atoms with Crippen molar-refractivity contribution in [2.45, 2.75) is 24.7 Å². The maximum Gasteiger partial charge on any atom is 0.235 e. The van der Waals surface area contributed by atoms with E-state index < -0.39 is 0 Å². The Balaban J connectivity index is 2.24. The summed E-state index contributed by atoms with van der Waals surface area (Å²) in [6, 6.07) is 3.57. The average Bonchev–Trinajstić information content (AvgIpc) is 2.37. The highest BCUT2D eigenvalue weighted by atomic mass is 16.2. The van der Waals surface area contributed by atoms with Crippen LogP contribution in [0.3, 0.4) is 0 Å². The number of nitrogens with two attached hydrogens (primary N) is 2. The molecule has 15 heavy (non-hydrogen) atoms. The zero-order chi connectivity index (χ0) is 10.6. The molecule has 2 aliphatic rings. The molecule has 1 aliphatic carbocycles. The van der Waals surface area contributed by atoms with Gasteiger partial charge in [0.15, 0.2) is 0 Å². The summed E-state index contributed by atoms with van der Waals surface area (Å²) in [5, 5.41) is 2.87. The van der Waals surface area contributed by atoms with Gasteiger partial charge in [-0.1, -0.05) is 6.42 Å². The van der Waals surface area contributed by atoms with Crippen LogP contribution in [0.4, 0.5) is 17.1 Å². The molecule has 0 bridgehead atoms. The standard InChI is InChI=1S/C11H13N3O/c12-6-4-7-9(8(13)5-6)14-10(15)11(7)2-1-3-11/h4-5H,1-3,12-13H2,(H,14,15). The molecule has 5 N–H and O–H groups in total. The lowest BCUT2D eigenvalue weighted by molar-refractivity contribution is -0.123. The average molecular weight is 203 g/mol. The first-order chi connectivity index (χ1) is 7.13. The van der Waals surface area contributed by atoms with Crippen molar-refractivity contribution in [3.63, 3.8) is 0 Å². The summed E-state index contributed by atoms with van der Waals surface area (Å²) in [7, 11) is 0. The van der Waals surface area contributed by atoms with E-state index in [1.54, 1.807) is 6.07 Å². The molecule has 1 aliphatic heterocycles. The molecule has 0 atom stereocenters. The van der Waals surface area contributed by atoms with Crippen LogP contribution in [0.15, 0.2) is 12.1 Å². The van der Waals surface area contributed by atoms with E-state index in [9.17, 15) is 4.79 Å². The largest absolute Gasteiger partial charge is 0.399 e. The molecule has 1 amide bonds. The number of carbonyl (C=O) groups excluding carboxylic acids is 1. The molecule has 0 aromatic heterocycles. The van der Waals surface area contributed by atoms with Gasteiger partial charge in [-0.15, -0.1) is 0 Å². The van der Waals surface area contributed by atoms with Crippen molar-refractivity contribution in [3.05, 3.63) is 17.7 Å². The number of anilines is 3. The Hall–Kier alpha value is -1.71. The summed E-state index contributed by atoms with van der Waals surface area (Å²) in [5.41, 5.74) is 14.3. The van der Waals surface area contributed by atoms with Crippen molar-refractivity contribution in [3.8, 4) is 0 Å². The van der Waals surface area contributed by atoms with Crippen LogP contribution in [-0.4, -0.2) is 5.91 Å². The highest BCUT2D eigenvalue weighted by Gasteiger charge is 2.51. The SMILES string of the molecule is Nc1cc(N)c2c(c1)C1(CCC1)C(=O)N2. The molecular weight excluding hydrogens is 190 g/mol. The fourth-order valence-electron chi connectivity index (χ4n) is 2.59. The first-order valence-electron chi connectivity index (χ1n) is 5.14. The lowest BCUT2D eigenvalue weighted by Crippen LogP contribution is -2.40. The number of carbonyl (C=O) groups is 1. The predicted molar refractivity (Wildman–Crippen MR) is 59.4 cm³/mol. The molecule has 1 aromatic carbocycles. The number of nitrogens with one attached hydrogen (secondary N) is 1. The third-order valence-electron chi connectivity index (χ3n) is 3.59. The van der Waals surface area contributed by atoms with E-state index in [-0.39, 0.29) is 11.3 Å². The summed E-state index contributed by atoms with van der Waals surface area (Å²) < 4.78 is 0. The molecule has 3 rings (SSSR count). The quantitative estimate of drug-likeness (QED) is 0.554. The lowest BCUT2D eigenvalue weighted by Gasteiger charge is -2.36. The van der Waals surface area contributed by atoms with Crippen LogP contribution in [0, 0.1) is 0 Å². The maximum absolute atomic E-state index is 11.9. The predicted octanol–water partition coefficient (Wildman–Crippen LogP) is 1.22. The fourth-order valence-corrected chi connectivity index (χ4v) is 2.59. The molecule has 1 saturated carbocycles. The van der Waals surface area contributed by atoms with Crippen molar-refractivity contribution < 1.29 is 4.79 Å². The first kappa shape index (κ1) is 8.59. The third-order valence-corrected chi connectivity index (χ3v) is 3.59. The van der Waals surface area contributed by atoms with Crippen molar-refractivity contribution in [1.29, 1.82) is 0 Å². The minimum absolute atomic E-state index is 0.0843. The van der Waals surface area contributed by atoms with E-state index in [2.05, 4.69) is 5.32 Å². The van der Waals surface area contributed by atoms with E-state index in [0.29, 0.717) is 11.4 Å². The van der Waals surface area contributed by atoms with E-state index in [0.717, 1.165) is 30.5 Å². The van der Waals surface area contributed by atoms with E-state index in [4.69, 9.17) is 11.5 Å². The second kappa shape index (κ2) is 2.45. The first-order valence-corrected chi connectivity index (χ1v) is 5.14. The van der Waals surface area contributed by atoms with Crippen LogP contribution in [0.5, 0.6) is 0 Å². The van der Waals surface area contributed by atoms with Gasteiger partial charge in [-0.05, 0) is 30.5 Å². The molecule has 1 fully saturated rings. The maximum atomic E-state index is 11.9. The summed E-state index contributed by atoms with van der Waals surface area (Å²) in [4.78, 5) is 11.9. The van der Waals surface area contributed by atoms with Crippen LogP contribution < -0.4 is 16.8 Å². The molecule has 0 unspecified atom stereocenters. The van der Waals surface area contributed by atoms with Gasteiger partial charge in [0.25, 0.3) is 0 Å². The van der Waals surface area contributed by atoms with E-state index >= 15 is 0 Å². The van der Waals surface area contributed by atoms with Crippen molar-refractivity contribution in [1.82, 2.24) is 0 Å². The minimum Gasteiger partial charge on any atom is -0.399 e. The minimum atomic E-state index is -0.321. The molecule has 1 spiro atoms. The Morgan fingerprint density at radius 2 is 2.00 bits per heavy atom. The Kier molecular flexibility index (Phi) is 1.40. The summed E-state index contributed by atoms with van der Waals surface area (Å²) >= 11 is 0. The normalized spacial score (nSPS) is 20.9. The monoisotopic (exact) mass is 203 g/mol. The van der Waals surface area contributed by atoms with Crippen LogP contribution in [0.25, 0.3) is 0 Å². The Morgan fingerprint density at radius 3 is 2.60 bits per heavy atom. The van der Waals surface area contributed by atoms with Crippen LogP contribution in [-0.2, 0) is 10.2 Å². The molecular formula is C11H13N3O. The number of nitrogen functional groups attached to an aromatic ring is 2. The number of fused-ring (bicyclic) bond motifs is 2. The second-order valence-electron chi connectivity index (χ2n) is 4.42. The van der Waals surface area contributed by atoms with Gasteiger partial charge in [0, 0.05) is 5.69 Å². The van der Waals surface area contributed by atoms with Crippen molar-refractivity contribution >= 4 is 23.0 Å². The molecule has 0 radical (unpaired) electrons. The van der Waals surface area contributed by atoms with Gasteiger partial charge in [0.05, 0.1) is 16.8 Å². The number of benzene rings is 1. The number of rotatable bonds is 0. The Labute approximate surface area is 87.6 Å². The topological polar surface area (TPSA) is 81.1 Å². The van der Waals surface area contributed by atoms with Gasteiger partial charge >= 0.3 is 0 Å². The fraction of sp³-hybridized carbons (Fsp3) is 0.364. The highest BCUT2D eigenvalue weighted by Crippen LogP contribution is 2.53. The van der Waals surface area contributed by atoms with Gasteiger partial charge < -0.3 is 16.8 Å². The third kappa shape index (κ3) is 0.888. The van der Waals surface area contributed by atoms with Crippen molar-refractivity contribution in [2.75, 3.05) is 16.8 Å². The Morgan fingerprint density at radius 1 is 1.27 bits per heavy atom. The smallest absolute Gasteiger partial charge is 0.235 e. The molecule has 1 aromatic rings. The van der Waals surface area contributed by atoms with Crippen LogP contribution in [0.2, 0.25) is 0 Å². The molecule has 78 valence electrons. The van der Waals surface area contributed by atoms with Gasteiger partial charge in [-0.25, -0.2) is 0 Å². The van der Waals surface area contributed by atoms with E-state index in [1.165, 1.54) is 0 Å². The zero-order valence-electron chi connectivity index (χ0n) is 8.34. The number of amides is 1. The van der Waals surface area contributed by atoms with Crippen LogP contribution >= 0.6 is 0 Å². The van der Waals surface area contributed by atoms with Crippen LogP contribution in [0.1, 0.15) is 24.8 Å².